The summed E-state index contributed by atoms with van der Waals surface area (Å²) < 4.78 is 61.7. The summed E-state index contributed by atoms with van der Waals surface area (Å²) >= 11 is 2.93. The number of sulfonamides is 1. The van der Waals surface area contributed by atoms with Gasteiger partial charge >= 0.3 is 12.1 Å². The maximum absolute atomic E-state index is 11.9. The van der Waals surface area contributed by atoms with Gasteiger partial charge < -0.3 is 5.11 Å². The van der Waals surface area contributed by atoms with Gasteiger partial charge in [0.15, 0.2) is 0 Å². The molecule has 0 radical (unpaired) electrons. The second kappa shape index (κ2) is 6.75. The Kier molecular flexibility index (Phi) is 5.76. The highest BCUT2D eigenvalue weighted by Crippen LogP contribution is 2.24. The smallest absolute Gasteiger partial charge is 0.389 e. The molecule has 0 heterocycles. The lowest BCUT2D eigenvalue weighted by molar-refractivity contribution is -0.135. The van der Waals surface area contributed by atoms with Gasteiger partial charge in [0.2, 0.25) is 10.0 Å². The monoisotopic (exact) mass is 389 g/mol. The van der Waals surface area contributed by atoms with Crippen LogP contribution in [0.15, 0.2) is 27.6 Å². The van der Waals surface area contributed by atoms with Gasteiger partial charge in [0.05, 0.1) is 10.5 Å². The van der Waals surface area contributed by atoms with E-state index < -0.39 is 28.6 Å². The third kappa shape index (κ3) is 5.64. The van der Waals surface area contributed by atoms with Crippen LogP contribution in [0.5, 0.6) is 0 Å². The Morgan fingerprint density at radius 3 is 2.43 bits per heavy atom. The number of rotatable bonds is 6. The van der Waals surface area contributed by atoms with Crippen LogP contribution in [-0.2, 0) is 10.0 Å². The third-order valence-electron chi connectivity index (χ3n) is 2.40. The van der Waals surface area contributed by atoms with Crippen molar-refractivity contribution in [1.29, 1.82) is 0 Å². The Morgan fingerprint density at radius 1 is 1.33 bits per heavy atom. The van der Waals surface area contributed by atoms with E-state index in [0.717, 1.165) is 18.2 Å². The van der Waals surface area contributed by atoms with Gasteiger partial charge in [0.1, 0.15) is 0 Å². The minimum Gasteiger partial charge on any atom is -0.478 e. The van der Waals surface area contributed by atoms with Crippen molar-refractivity contribution in [2.75, 3.05) is 6.54 Å². The first-order chi connectivity index (χ1) is 9.53. The molecule has 0 saturated carbocycles. The summed E-state index contributed by atoms with van der Waals surface area (Å²) in [5, 5.41) is 8.76. The fourth-order valence-corrected chi connectivity index (χ4v) is 3.57. The van der Waals surface area contributed by atoms with Gasteiger partial charge in [-0.3, -0.25) is 0 Å². The number of aromatic carboxylic acids is 1. The second-order valence-electron chi connectivity index (χ2n) is 4.07. The van der Waals surface area contributed by atoms with E-state index in [0.29, 0.717) is 0 Å². The molecule has 0 aliphatic carbocycles. The maximum Gasteiger partial charge on any atom is 0.389 e. The van der Waals surface area contributed by atoms with E-state index in [-0.39, 0.29) is 27.9 Å². The molecular formula is C11H11BrF3NO4S. The van der Waals surface area contributed by atoms with Crippen molar-refractivity contribution in [2.45, 2.75) is 23.9 Å². The number of carbonyl (C=O) groups is 1. The zero-order valence-electron chi connectivity index (χ0n) is 10.4. The Bertz CT molecular complexity index is 631. The van der Waals surface area contributed by atoms with Crippen molar-refractivity contribution >= 4 is 31.9 Å². The lowest BCUT2D eigenvalue weighted by atomic mass is 10.2. The number of benzene rings is 1. The van der Waals surface area contributed by atoms with Crippen LogP contribution < -0.4 is 4.72 Å². The number of halogens is 4. The molecule has 0 spiro atoms. The Hall–Kier alpha value is -1.13. The van der Waals surface area contributed by atoms with Crippen LogP contribution in [0.4, 0.5) is 13.2 Å². The molecule has 0 saturated heterocycles. The Morgan fingerprint density at radius 2 is 1.95 bits per heavy atom. The van der Waals surface area contributed by atoms with E-state index >= 15 is 0 Å². The highest BCUT2D eigenvalue weighted by atomic mass is 79.9. The minimum atomic E-state index is -4.34. The van der Waals surface area contributed by atoms with Gasteiger partial charge in [0.25, 0.3) is 0 Å². The van der Waals surface area contributed by atoms with Gasteiger partial charge in [-0.1, -0.05) is 0 Å². The van der Waals surface area contributed by atoms with Crippen molar-refractivity contribution in [3.8, 4) is 0 Å². The molecule has 21 heavy (non-hydrogen) atoms. The lowest BCUT2D eigenvalue weighted by Gasteiger charge is -2.10. The molecule has 0 aromatic heterocycles. The summed E-state index contributed by atoms with van der Waals surface area (Å²) in [6.45, 7) is -0.366. The van der Waals surface area contributed by atoms with Gasteiger partial charge in [0, 0.05) is 17.4 Å². The molecule has 5 nitrogen and oxygen atoms in total. The van der Waals surface area contributed by atoms with Crippen LogP contribution in [0.2, 0.25) is 0 Å². The molecule has 0 aliphatic heterocycles. The highest BCUT2D eigenvalue weighted by molar-refractivity contribution is 9.10. The number of carboxylic acid groups (broad SMARTS) is 1. The largest absolute Gasteiger partial charge is 0.478 e. The lowest BCUT2D eigenvalue weighted by Crippen LogP contribution is -2.26. The highest BCUT2D eigenvalue weighted by Gasteiger charge is 2.26. The first kappa shape index (κ1) is 17.9. The summed E-state index contributed by atoms with van der Waals surface area (Å²) in [6, 6.07) is 3.27. The molecule has 118 valence electrons. The van der Waals surface area contributed by atoms with Crippen LogP contribution in [0.25, 0.3) is 0 Å². The first-order valence-electron chi connectivity index (χ1n) is 5.62. The van der Waals surface area contributed by atoms with Gasteiger partial charge in [-0.05, 0) is 40.5 Å². The van der Waals surface area contributed by atoms with Crippen LogP contribution >= 0.6 is 15.9 Å². The molecule has 10 heteroatoms. The molecule has 1 rings (SSSR count). The number of alkyl halides is 3. The van der Waals surface area contributed by atoms with Crippen LogP contribution in [-0.4, -0.2) is 32.2 Å². The Labute approximate surface area is 127 Å². The fourth-order valence-electron chi connectivity index (χ4n) is 1.42. The number of carboxylic acids is 1. The fraction of sp³-hybridized carbons (Fsp3) is 0.364. The Balaban J connectivity index is 2.77. The summed E-state index contributed by atoms with van der Waals surface area (Å²) in [5.74, 6) is -1.22. The third-order valence-corrected chi connectivity index (χ3v) is 4.84. The quantitative estimate of drug-likeness (QED) is 0.732. The molecule has 0 fully saturated rings. The van der Waals surface area contributed by atoms with E-state index in [1.54, 1.807) is 0 Å². The number of hydrogen-bond acceptors (Lipinski definition) is 3. The van der Waals surface area contributed by atoms with Gasteiger partial charge in [-0.2, -0.15) is 13.2 Å². The molecular weight excluding hydrogens is 379 g/mol. The van der Waals surface area contributed by atoms with Crippen molar-refractivity contribution in [3.05, 3.63) is 28.2 Å². The predicted octanol–water partition coefficient (Wildman–Crippen LogP) is 2.77. The minimum absolute atomic E-state index is 0.0192. The van der Waals surface area contributed by atoms with Crippen molar-refractivity contribution in [2.24, 2.45) is 0 Å². The van der Waals surface area contributed by atoms with Gasteiger partial charge in [-0.15, -0.1) is 0 Å². The number of nitrogens with one attached hydrogen (secondary N) is 1. The number of hydrogen-bond donors (Lipinski definition) is 2. The van der Waals surface area contributed by atoms with E-state index in [9.17, 15) is 26.4 Å². The van der Waals surface area contributed by atoms with E-state index in [4.69, 9.17) is 5.11 Å². The molecule has 0 amide bonds. The zero-order valence-corrected chi connectivity index (χ0v) is 12.8. The summed E-state index contributed by atoms with van der Waals surface area (Å²) in [4.78, 5) is 10.5. The van der Waals surface area contributed by atoms with Crippen molar-refractivity contribution < 1.29 is 31.5 Å². The average Bonchev–Trinajstić information content (AvgIpc) is 2.33. The standard InChI is InChI=1S/C11H11BrF3NO4S/c12-8-6-7(10(17)18)2-3-9(8)21(19,20)16-5-1-4-11(13,14)15/h2-3,6,16H,1,4-5H2,(H,17,18). The second-order valence-corrected chi connectivity index (χ2v) is 6.66. The topological polar surface area (TPSA) is 83.5 Å². The zero-order chi connectivity index (χ0) is 16.3. The van der Waals surface area contributed by atoms with Crippen molar-refractivity contribution in [3.63, 3.8) is 0 Å². The molecule has 2 N–H and O–H groups in total. The van der Waals surface area contributed by atoms with Crippen LogP contribution in [0.1, 0.15) is 23.2 Å². The van der Waals surface area contributed by atoms with Crippen LogP contribution in [0, 0.1) is 0 Å². The van der Waals surface area contributed by atoms with E-state index in [2.05, 4.69) is 15.9 Å². The SMILES string of the molecule is O=C(O)c1ccc(S(=O)(=O)NCCCC(F)(F)F)c(Br)c1. The van der Waals surface area contributed by atoms with Gasteiger partial charge in [-0.25, -0.2) is 17.9 Å². The van der Waals surface area contributed by atoms with Crippen molar-refractivity contribution in [1.82, 2.24) is 4.72 Å². The summed E-state index contributed by atoms with van der Waals surface area (Å²) in [7, 11) is -4.01. The molecule has 1 aromatic rings. The predicted molar refractivity (Wildman–Crippen MR) is 71.6 cm³/mol. The molecule has 0 bridgehead atoms. The summed E-state index contributed by atoms with van der Waals surface area (Å²) in [6.07, 6.45) is -5.81. The molecule has 0 unspecified atom stereocenters. The maximum atomic E-state index is 11.9. The van der Waals surface area contributed by atoms with Crippen LogP contribution in [0.3, 0.4) is 0 Å². The van der Waals surface area contributed by atoms with E-state index in [1.165, 1.54) is 0 Å². The average molecular weight is 390 g/mol. The molecule has 1 aromatic carbocycles. The van der Waals surface area contributed by atoms with E-state index in [1.807, 2.05) is 4.72 Å². The first-order valence-corrected chi connectivity index (χ1v) is 7.90. The molecule has 0 atom stereocenters. The molecule has 0 aliphatic rings. The normalized spacial score (nSPS) is 12.4. The summed E-state index contributed by atoms with van der Waals surface area (Å²) in [5.41, 5.74) is -0.113.